The van der Waals surface area contributed by atoms with E-state index in [1.165, 1.54) is 22.3 Å². The molecular weight excluding hydrogens is 406 g/mol. The van der Waals surface area contributed by atoms with E-state index >= 15 is 0 Å². The van der Waals surface area contributed by atoms with Crippen molar-refractivity contribution in [2.45, 2.75) is 83.7 Å². The maximum atomic E-state index is 13.1. The minimum atomic E-state index is -0.556. The Bertz CT molecular complexity index is 1070. The van der Waals surface area contributed by atoms with Crippen LogP contribution in [0.3, 0.4) is 0 Å². The Labute approximate surface area is 178 Å². The molecule has 2 aromatic rings. The molecule has 0 aromatic carbocycles. The van der Waals surface area contributed by atoms with Crippen LogP contribution in [0.1, 0.15) is 56.4 Å². The van der Waals surface area contributed by atoms with E-state index in [2.05, 4.69) is 5.32 Å². The Hall–Kier alpha value is -1.97. The first-order valence-electron chi connectivity index (χ1n) is 10.6. The van der Waals surface area contributed by atoms with E-state index in [4.69, 9.17) is 4.74 Å². The zero-order chi connectivity index (χ0) is 21.5. The van der Waals surface area contributed by atoms with Gasteiger partial charge in [0.25, 0.3) is 5.56 Å². The third-order valence-electron chi connectivity index (χ3n) is 6.03. The molecule has 1 fully saturated rings. The van der Waals surface area contributed by atoms with Crippen molar-refractivity contribution in [1.29, 1.82) is 0 Å². The lowest BCUT2D eigenvalue weighted by molar-refractivity contribution is -0.122. The van der Waals surface area contributed by atoms with Gasteiger partial charge in [0.1, 0.15) is 11.4 Å². The molecule has 0 atom stereocenters. The lowest BCUT2D eigenvalue weighted by Gasteiger charge is -2.29. The molecule has 0 radical (unpaired) electrons. The highest BCUT2D eigenvalue weighted by atomic mass is 32.1. The van der Waals surface area contributed by atoms with E-state index < -0.39 is 16.9 Å². The Morgan fingerprint density at radius 3 is 2.67 bits per heavy atom. The Balaban J connectivity index is 1.78. The summed E-state index contributed by atoms with van der Waals surface area (Å²) >= 11 is 1.35. The number of thiophene rings is 1. The van der Waals surface area contributed by atoms with Crippen molar-refractivity contribution in [3.05, 3.63) is 31.3 Å². The van der Waals surface area contributed by atoms with Crippen LogP contribution in [0, 0.1) is 0 Å². The van der Waals surface area contributed by atoms with Crippen LogP contribution in [0.15, 0.2) is 9.59 Å². The van der Waals surface area contributed by atoms with Crippen LogP contribution >= 0.6 is 11.3 Å². The molecule has 0 bridgehead atoms. The molecule has 8 nitrogen and oxygen atoms in total. The van der Waals surface area contributed by atoms with Gasteiger partial charge in [0.15, 0.2) is 0 Å². The van der Waals surface area contributed by atoms with Gasteiger partial charge in [-0.05, 0) is 32.3 Å². The lowest BCUT2D eigenvalue weighted by Crippen LogP contribution is -2.44. The fraction of sp³-hybridized carbons (Fsp3) is 0.667. The minimum Gasteiger partial charge on any atom is -0.395 e. The smallest absolute Gasteiger partial charge is 0.332 e. The van der Waals surface area contributed by atoms with E-state index in [0.29, 0.717) is 23.2 Å². The molecule has 2 N–H and O–H groups in total. The summed E-state index contributed by atoms with van der Waals surface area (Å²) in [4.78, 5) is 40.4. The average molecular weight is 436 g/mol. The molecule has 1 saturated carbocycles. The molecular formula is C21H29N3O5S. The molecule has 2 aromatic heterocycles. The summed E-state index contributed by atoms with van der Waals surface area (Å²) in [5.74, 6) is -0.220. The average Bonchev–Trinajstić information content (AvgIpc) is 3.06. The monoisotopic (exact) mass is 435 g/mol. The first-order valence-corrected chi connectivity index (χ1v) is 11.4. The van der Waals surface area contributed by atoms with Gasteiger partial charge in [-0.15, -0.1) is 11.3 Å². The molecule has 9 heteroatoms. The molecule has 0 unspecified atom stereocenters. The van der Waals surface area contributed by atoms with E-state index in [0.717, 1.165) is 40.7 Å². The number of ether oxygens (including phenoxy) is 1. The highest BCUT2D eigenvalue weighted by molar-refractivity contribution is 7.18. The number of carbonyl (C=O) groups is 1. The third kappa shape index (κ3) is 3.98. The standard InChI is InChI=1S/C21H29N3O5S/c1-21(2)10-14-15(12-29-21)30-19-17(14)18(27)23(8-9-25)20(28)24(19)11-16(26)22-13-6-4-3-5-7-13/h13,25H,3-12H2,1-2H3,(H,22,26). The molecule has 3 heterocycles. The van der Waals surface area contributed by atoms with Gasteiger partial charge >= 0.3 is 5.69 Å². The molecule has 1 amide bonds. The summed E-state index contributed by atoms with van der Waals surface area (Å²) in [6.45, 7) is 3.77. The van der Waals surface area contributed by atoms with E-state index in [9.17, 15) is 19.5 Å². The van der Waals surface area contributed by atoms with Crippen LogP contribution in [-0.2, 0) is 35.6 Å². The van der Waals surface area contributed by atoms with Gasteiger partial charge in [0, 0.05) is 17.3 Å². The molecule has 30 heavy (non-hydrogen) atoms. The Morgan fingerprint density at radius 2 is 1.97 bits per heavy atom. The van der Waals surface area contributed by atoms with Gasteiger partial charge in [-0.1, -0.05) is 19.3 Å². The van der Waals surface area contributed by atoms with E-state index in [-0.39, 0.29) is 31.6 Å². The largest absolute Gasteiger partial charge is 0.395 e. The summed E-state index contributed by atoms with van der Waals surface area (Å²) < 4.78 is 8.32. The van der Waals surface area contributed by atoms with Gasteiger partial charge in [-0.2, -0.15) is 0 Å². The zero-order valence-electron chi connectivity index (χ0n) is 17.5. The van der Waals surface area contributed by atoms with Crippen LogP contribution in [0.5, 0.6) is 0 Å². The molecule has 1 aliphatic carbocycles. The lowest BCUT2D eigenvalue weighted by atomic mass is 9.94. The predicted molar refractivity (Wildman–Crippen MR) is 115 cm³/mol. The topological polar surface area (TPSA) is 103 Å². The van der Waals surface area contributed by atoms with Gasteiger partial charge in [-0.3, -0.25) is 18.7 Å². The van der Waals surface area contributed by atoms with Crippen LogP contribution in [0.2, 0.25) is 0 Å². The summed E-state index contributed by atoms with van der Waals surface area (Å²) in [7, 11) is 0. The van der Waals surface area contributed by atoms with Crippen molar-refractivity contribution in [3.8, 4) is 0 Å². The zero-order valence-corrected chi connectivity index (χ0v) is 18.3. The second-order valence-electron chi connectivity index (χ2n) is 8.86. The van der Waals surface area contributed by atoms with Gasteiger partial charge in [0.2, 0.25) is 5.91 Å². The number of hydrogen-bond donors (Lipinski definition) is 2. The number of nitrogens with zero attached hydrogens (tertiary/aromatic N) is 2. The number of amides is 1. The highest BCUT2D eigenvalue weighted by Gasteiger charge is 2.32. The van der Waals surface area contributed by atoms with Crippen molar-refractivity contribution in [2.75, 3.05) is 6.61 Å². The Kier molecular flexibility index (Phi) is 5.87. The van der Waals surface area contributed by atoms with Crippen molar-refractivity contribution in [1.82, 2.24) is 14.5 Å². The second kappa shape index (κ2) is 8.28. The summed E-state index contributed by atoms with van der Waals surface area (Å²) in [6.07, 6.45) is 5.87. The number of aliphatic hydroxyl groups excluding tert-OH is 1. The van der Waals surface area contributed by atoms with Crippen molar-refractivity contribution in [2.24, 2.45) is 0 Å². The van der Waals surface area contributed by atoms with Gasteiger partial charge < -0.3 is 15.2 Å². The SMILES string of the molecule is CC1(C)Cc2c(sc3c2c(=O)n(CCO)c(=O)n3CC(=O)NC2CCCCC2)CO1. The van der Waals surface area contributed by atoms with Gasteiger partial charge in [-0.25, -0.2) is 4.79 Å². The van der Waals surface area contributed by atoms with Crippen LogP contribution in [-0.4, -0.2) is 38.4 Å². The second-order valence-corrected chi connectivity index (χ2v) is 9.94. The minimum absolute atomic E-state index is 0.0949. The fourth-order valence-electron chi connectivity index (χ4n) is 4.50. The number of nitrogens with one attached hydrogen (secondary N) is 1. The molecule has 164 valence electrons. The number of rotatable bonds is 5. The number of hydrogen-bond acceptors (Lipinski definition) is 6. The molecule has 0 saturated heterocycles. The number of carbonyl (C=O) groups excluding carboxylic acids is 1. The van der Waals surface area contributed by atoms with E-state index in [1.54, 1.807) is 0 Å². The van der Waals surface area contributed by atoms with Crippen LogP contribution < -0.4 is 16.6 Å². The molecule has 2 aliphatic rings. The van der Waals surface area contributed by atoms with Gasteiger partial charge in [0.05, 0.1) is 30.7 Å². The maximum absolute atomic E-state index is 13.1. The summed E-state index contributed by atoms with van der Waals surface area (Å²) in [6, 6.07) is 0.145. The third-order valence-corrected chi connectivity index (χ3v) is 7.26. The number of aliphatic hydroxyl groups is 1. The molecule has 0 spiro atoms. The maximum Gasteiger partial charge on any atom is 0.332 e. The highest BCUT2D eigenvalue weighted by Crippen LogP contribution is 2.37. The fourth-order valence-corrected chi connectivity index (χ4v) is 5.72. The normalized spacial score (nSPS) is 19.0. The van der Waals surface area contributed by atoms with Crippen LogP contribution in [0.4, 0.5) is 0 Å². The first kappa shape index (κ1) is 21.3. The van der Waals surface area contributed by atoms with Crippen LogP contribution in [0.25, 0.3) is 10.2 Å². The molecule has 4 rings (SSSR count). The van der Waals surface area contributed by atoms with Crippen molar-refractivity contribution < 1.29 is 14.6 Å². The number of fused-ring (bicyclic) bond motifs is 3. The molecule has 1 aliphatic heterocycles. The number of aromatic nitrogens is 2. The predicted octanol–water partition coefficient (Wildman–Crippen LogP) is 1.52. The quantitative estimate of drug-likeness (QED) is 0.741. The Morgan fingerprint density at radius 1 is 1.23 bits per heavy atom. The summed E-state index contributed by atoms with van der Waals surface area (Å²) in [5.41, 5.74) is -0.471. The first-order chi connectivity index (χ1) is 14.3. The summed E-state index contributed by atoms with van der Waals surface area (Å²) in [5, 5.41) is 12.9. The van der Waals surface area contributed by atoms with Crippen molar-refractivity contribution >= 4 is 27.5 Å². The van der Waals surface area contributed by atoms with E-state index in [1.807, 2.05) is 13.8 Å². The van der Waals surface area contributed by atoms with Crippen molar-refractivity contribution in [3.63, 3.8) is 0 Å².